The van der Waals surface area contributed by atoms with Gasteiger partial charge in [0.15, 0.2) is 0 Å². The summed E-state index contributed by atoms with van der Waals surface area (Å²) in [5.74, 6) is -0.399. The van der Waals surface area contributed by atoms with Crippen LogP contribution in [-0.2, 0) is 22.5 Å². The summed E-state index contributed by atoms with van der Waals surface area (Å²) in [6.07, 6.45) is 0.651. The minimum absolute atomic E-state index is 0.0472. The maximum Gasteiger partial charge on any atom is 0.335 e. The third kappa shape index (κ3) is 3.48. The van der Waals surface area contributed by atoms with Gasteiger partial charge in [0.1, 0.15) is 11.4 Å². The first kappa shape index (κ1) is 18.1. The van der Waals surface area contributed by atoms with Gasteiger partial charge in [-0.05, 0) is 32.9 Å². The monoisotopic (exact) mass is 357 g/mol. The molecule has 26 heavy (non-hydrogen) atoms. The van der Waals surface area contributed by atoms with Gasteiger partial charge in [-0.15, -0.1) is 0 Å². The number of carboxylic acid groups (broad SMARTS) is 1. The van der Waals surface area contributed by atoms with Crippen molar-refractivity contribution < 1.29 is 19.4 Å². The number of hydrogen-bond donors (Lipinski definition) is 2. The number of rotatable bonds is 5. The molecule has 7 heteroatoms. The van der Waals surface area contributed by atoms with E-state index in [1.165, 1.54) is 0 Å². The van der Waals surface area contributed by atoms with Crippen LogP contribution in [0.3, 0.4) is 0 Å². The highest BCUT2D eigenvalue weighted by atomic mass is 16.5. The van der Waals surface area contributed by atoms with Crippen LogP contribution in [0.2, 0.25) is 0 Å². The molecule has 0 aliphatic carbocycles. The number of carbonyl (C=O) groups excluding carboxylic acids is 1. The zero-order valence-corrected chi connectivity index (χ0v) is 15.2. The fraction of sp³-hybridized carbons (Fsp3) is 0.421. The first-order chi connectivity index (χ1) is 12.3. The van der Waals surface area contributed by atoms with Crippen LogP contribution in [-0.4, -0.2) is 50.6 Å². The number of imidazole rings is 1. The highest BCUT2D eigenvalue weighted by Gasteiger charge is 2.35. The van der Waals surface area contributed by atoms with E-state index in [1.54, 1.807) is 36.9 Å². The van der Waals surface area contributed by atoms with Crippen molar-refractivity contribution in [3.8, 4) is 11.4 Å². The normalized spacial score (nSPS) is 14.2. The van der Waals surface area contributed by atoms with Gasteiger partial charge in [0.2, 0.25) is 0 Å². The summed E-state index contributed by atoms with van der Waals surface area (Å²) in [5, 5.41) is 9.15. The Labute approximate surface area is 152 Å². The molecule has 0 spiro atoms. The first-order valence-electron chi connectivity index (χ1n) is 8.66. The molecule has 138 valence electrons. The zero-order valence-electron chi connectivity index (χ0n) is 15.2. The quantitative estimate of drug-likeness (QED) is 0.857. The second kappa shape index (κ2) is 6.92. The third-order valence-electron chi connectivity index (χ3n) is 4.52. The molecule has 3 rings (SSSR count). The van der Waals surface area contributed by atoms with Gasteiger partial charge in [0, 0.05) is 25.1 Å². The molecule has 1 amide bonds. The predicted octanol–water partition coefficient (Wildman–Crippen LogP) is 2.47. The molecule has 0 bridgehead atoms. The van der Waals surface area contributed by atoms with Gasteiger partial charge >= 0.3 is 5.97 Å². The Kier molecular flexibility index (Phi) is 4.82. The summed E-state index contributed by atoms with van der Waals surface area (Å²) in [4.78, 5) is 33.5. The maximum absolute atomic E-state index is 12.7. The largest absolute Gasteiger partial charge is 0.478 e. The summed E-state index contributed by atoms with van der Waals surface area (Å²) in [6, 6.07) is 6.65. The number of H-pyrrole nitrogens is 1. The molecule has 7 nitrogen and oxygen atoms in total. The average Bonchev–Trinajstić information content (AvgIpc) is 3.04. The Balaban J connectivity index is 1.82. The van der Waals surface area contributed by atoms with Crippen molar-refractivity contribution in [3.05, 3.63) is 41.2 Å². The van der Waals surface area contributed by atoms with Crippen LogP contribution in [0.25, 0.3) is 11.4 Å². The van der Waals surface area contributed by atoms with Crippen LogP contribution < -0.4 is 0 Å². The van der Waals surface area contributed by atoms with Crippen LogP contribution in [0.15, 0.2) is 24.3 Å². The van der Waals surface area contributed by atoms with Crippen LogP contribution in [0.1, 0.15) is 42.5 Å². The molecular formula is C19H23N3O4. The maximum atomic E-state index is 12.7. The van der Waals surface area contributed by atoms with E-state index in [2.05, 4.69) is 9.97 Å². The van der Waals surface area contributed by atoms with E-state index in [1.807, 2.05) is 13.0 Å². The van der Waals surface area contributed by atoms with Gasteiger partial charge < -0.3 is 19.7 Å². The molecule has 1 aliphatic rings. The van der Waals surface area contributed by atoms with Crippen molar-refractivity contribution in [2.24, 2.45) is 0 Å². The molecule has 1 aliphatic heterocycles. The summed E-state index contributed by atoms with van der Waals surface area (Å²) in [5.41, 5.74) is 1.87. The number of nitrogens with one attached hydrogen (secondary N) is 1. The number of aromatic nitrogens is 2. The van der Waals surface area contributed by atoms with Gasteiger partial charge in [-0.25, -0.2) is 9.78 Å². The van der Waals surface area contributed by atoms with Gasteiger partial charge in [-0.2, -0.15) is 0 Å². The molecule has 0 saturated carbocycles. The lowest BCUT2D eigenvalue weighted by atomic mass is 10.0. The average molecular weight is 357 g/mol. The zero-order chi connectivity index (χ0) is 18.9. The van der Waals surface area contributed by atoms with Crippen molar-refractivity contribution >= 4 is 11.9 Å². The van der Waals surface area contributed by atoms with Crippen LogP contribution in [0, 0.1) is 0 Å². The number of hydrogen-bond acceptors (Lipinski definition) is 4. The summed E-state index contributed by atoms with van der Waals surface area (Å²) >= 11 is 0. The van der Waals surface area contributed by atoms with Crippen molar-refractivity contribution in [3.63, 3.8) is 0 Å². The number of carboxylic acids is 1. The lowest BCUT2D eigenvalue weighted by molar-refractivity contribution is -0.154. The summed E-state index contributed by atoms with van der Waals surface area (Å²) in [6.45, 7) is 6.94. The Bertz CT molecular complexity index is 841. The van der Waals surface area contributed by atoms with E-state index in [9.17, 15) is 9.59 Å². The Morgan fingerprint density at radius 2 is 2.15 bits per heavy atom. The van der Waals surface area contributed by atoms with E-state index < -0.39 is 11.6 Å². The Morgan fingerprint density at radius 1 is 1.38 bits per heavy atom. The Hall–Kier alpha value is -2.67. The molecule has 2 aromatic rings. The van der Waals surface area contributed by atoms with E-state index in [0.717, 1.165) is 11.4 Å². The van der Waals surface area contributed by atoms with Crippen LogP contribution >= 0.6 is 0 Å². The number of fused-ring (bicyclic) bond motifs is 1. The molecule has 0 fully saturated rings. The van der Waals surface area contributed by atoms with Gasteiger partial charge in [-0.3, -0.25) is 4.79 Å². The van der Waals surface area contributed by atoms with E-state index in [-0.39, 0.29) is 11.5 Å². The summed E-state index contributed by atoms with van der Waals surface area (Å²) in [7, 11) is 0. The summed E-state index contributed by atoms with van der Waals surface area (Å²) < 4.78 is 5.57. The molecular weight excluding hydrogens is 334 g/mol. The number of benzene rings is 1. The topological polar surface area (TPSA) is 95.5 Å². The van der Waals surface area contributed by atoms with E-state index >= 15 is 0 Å². The molecule has 0 atom stereocenters. The lowest BCUT2D eigenvalue weighted by Crippen LogP contribution is -2.48. The fourth-order valence-electron chi connectivity index (χ4n) is 3.21. The van der Waals surface area contributed by atoms with E-state index in [4.69, 9.17) is 9.84 Å². The van der Waals surface area contributed by atoms with Crippen LogP contribution in [0.4, 0.5) is 0 Å². The first-order valence-corrected chi connectivity index (χ1v) is 8.66. The van der Waals surface area contributed by atoms with Crippen LogP contribution in [0.5, 0.6) is 0 Å². The van der Waals surface area contributed by atoms with Gasteiger partial charge in [0.25, 0.3) is 5.91 Å². The molecule has 1 aromatic heterocycles. The molecule has 0 radical (unpaired) electrons. The predicted molar refractivity (Wildman–Crippen MR) is 95.8 cm³/mol. The van der Waals surface area contributed by atoms with Crippen molar-refractivity contribution in [2.45, 2.75) is 39.3 Å². The van der Waals surface area contributed by atoms with Gasteiger partial charge in [-0.1, -0.05) is 12.1 Å². The van der Waals surface area contributed by atoms with Crippen molar-refractivity contribution in [2.75, 3.05) is 13.2 Å². The third-order valence-corrected chi connectivity index (χ3v) is 4.52. The van der Waals surface area contributed by atoms with Crippen molar-refractivity contribution in [1.82, 2.24) is 14.9 Å². The van der Waals surface area contributed by atoms with Crippen molar-refractivity contribution in [1.29, 1.82) is 0 Å². The fourth-order valence-corrected chi connectivity index (χ4v) is 3.21. The number of ether oxygens (including phenoxy) is 1. The second-order valence-corrected chi connectivity index (χ2v) is 6.82. The minimum Gasteiger partial charge on any atom is -0.478 e. The number of nitrogens with zero attached hydrogens (tertiary/aromatic N) is 2. The number of aromatic amines is 1. The Morgan fingerprint density at radius 3 is 2.85 bits per heavy atom. The molecule has 1 aromatic carbocycles. The highest BCUT2D eigenvalue weighted by molar-refractivity contribution is 5.89. The number of aromatic carboxylic acids is 1. The molecule has 2 heterocycles. The van der Waals surface area contributed by atoms with E-state index in [0.29, 0.717) is 37.5 Å². The molecule has 2 N–H and O–H groups in total. The standard InChI is InChI=1S/C19H23N3O4/c1-4-26-19(2,3)18(25)22-9-8-14-15(11-22)21-16(20-14)12-6-5-7-13(10-12)17(23)24/h5-7,10H,4,8-9,11H2,1-3H3,(H,20,21)(H,23,24). The number of amides is 1. The SMILES string of the molecule is CCOC(C)(C)C(=O)N1CCc2nc(-c3cccc(C(=O)O)c3)[nH]c2C1. The highest BCUT2D eigenvalue weighted by Crippen LogP contribution is 2.25. The van der Waals surface area contributed by atoms with Gasteiger partial charge in [0.05, 0.1) is 23.5 Å². The molecule has 0 saturated heterocycles. The molecule has 0 unspecified atom stereocenters. The number of carbonyl (C=O) groups is 2. The minimum atomic E-state index is -0.974. The lowest BCUT2D eigenvalue weighted by Gasteiger charge is -2.33. The smallest absolute Gasteiger partial charge is 0.335 e. The second-order valence-electron chi connectivity index (χ2n) is 6.82.